The summed E-state index contributed by atoms with van der Waals surface area (Å²) in [5.41, 5.74) is 0. The highest BCUT2D eigenvalue weighted by atomic mass is 35.5. The average molecular weight is 379 g/mol. The summed E-state index contributed by atoms with van der Waals surface area (Å²) >= 11 is 7.23. The number of thioether (sulfide) groups is 1. The fourth-order valence-electron chi connectivity index (χ4n) is 2.15. The number of hydrogen-bond donors (Lipinski definition) is 1. The van der Waals surface area contributed by atoms with Crippen molar-refractivity contribution in [2.45, 2.75) is 37.2 Å². The van der Waals surface area contributed by atoms with Crippen LogP contribution in [-0.2, 0) is 17.9 Å². The van der Waals surface area contributed by atoms with Gasteiger partial charge >= 0.3 is 0 Å². The lowest BCUT2D eigenvalue weighted by Gasteiger charge is -2.09. The molecule has 6 nitrogen and oxygen atoms in total. The summed E-state index contributed by atoms with van der Waals surface area (Å²) in [4.78, 5) is 11.8. The molecule has 8 heteroatoms. The monoisotopic (exact) mass is 378 g/mol. The van der Waals surface area contributed by atoms with Crippen molar-refractivity contribution < 1.29 is 9.53 Å². The van der Waals surface area contributed by atoms with Crippen molar-refractivity contribution in [3.05, 3.63) is 47.8 Å². The fourth-order valence-corrected chi connectivity index (χ4v) is 3.05. The first-order valence-corrected chi connectivity index (χ1v) is 9.35. The number of nitrogens with zero attached hydrogens (tertiary/aromatic N) is 3. The first-order valence-electron chi connectivity index (χ1n) is 7.99. The first kappa shape index (κ1) is 17.8. The van der Waals surface area contributed by atoms with Gasteiger partial charge in [0.25, 0.3) is 0 Å². The van der Waals surface area contributed by atoms with E-state index in [2.05, 4.69) is 22.1 Å². The van der Waals surface area contributed by atoms with Gasteiger partial charge in [0.15, 0.2) is 11.0 Å². The molecule has 0 saturated heterocycles. The quantitative estimate of drug-likeness (QED) is 0.536. The Bertz CT molecular complexity index is 744. The molecule has 0 radical (unpaired) electrons. The van der Waals surface area contributed by atoms with E-state index in [0.717, 1.165) is 12.8 Å². The highest BCUT2D eigenvalue weighted by molar-refractivity contribution is 7.99. The largest absolute Gasteiger partial charge is 0.486 e. The van der Waals surface area contributed by atoms with Crippen LogP contribution in [0.1, 0.15) is 18.7 Å². The molecule has 1 aromatic heterocycles. The molecule has 1 saturated carbocycles. The minimum Gasteiger partial charge on any atom is -0.486 e. The molecular formula is C17H19ClN4O2S. The highest BCUT2D eigenvalue weighted by Gasteiger charge is 2.23. The summed E-state index contributed by atoms with van der Waals surface area (Å²) in [7, 11) is 0. The van der Waals surface area contributed by atoms with E-state index >= 15 is 0 Å². The van der Waals surface area contributed by atoms with Crippen LogP contribution in [0, 0.1) is 0 Å². The van der Waals surface area contributed by atoms with Gasteiger partial charge < -0.3 is 10.1 Å². The van der Waals surface area contributed by atoms with Gasteiger partial charge in [-0.15, -0.1) is 16.8 Å². The van der Waals surface area contributed by atoms with Crippen LogP contribution in [0.25, 0.3) is 0 Å². The van der Waals surface area contributed by atoms with Gasteiger partial charge in [-0.2, -0.15) is 0 Å². The van der Waals surface area contributed by atoms with Crippen LogP contribution in [0.3, 0.4) is 0 Å². The van der Waals surface area contributed by atoms with E-state index in [0.29, 0.717) is 40.1 Å². The second-order valence-electron chi connectivity index (χ2n) is 5.67. The first-order chi connectivity index (χ1) is 12.2. The molecule has 2 aromatic rings. The van der Waals surface area contributed by atoms with E-state index < -0.39 is 0 Å². The Balaban J connectivity index is 1.60. The maximum absolute atomic E-state index is 11.8. The third-order valence-corrected chi connectivity index (χ3v) is 4.78. The summed E-state index contributed by atoms with van der Waals surface area (Å²) in [6.07, 6.45) is 3.92. The second-order valence-corrected chi connectivity index (χ2v) is 7.05. The molecule has 0 aliphatic heterocycles. The second kappa shape index (κ2) is 8.40. The molecule has 132 valence electrons. The van der Waals surface area contributed by atoms with Crippen LogP contribution in [0.4, 0.5) is 0 Å². The van der Waals surface area contributed by atoms with Crippen LogP contribution in [0.2, 0.25) is 5.02 Å². The molecule has 25 heavy (non-hydrogen) atoms. The van der Waals surface area contributed by atoms with Crippen LogP contribution >= 0.6 is 23.4 Å². The van der Waals surface area contributed by atoms with E-state index in [9.17, 15) is 4.79 Å². The van der Waals surface area contributed by atoms with E-state index in [1.54, 1.807) is 30.3 Å². The predicted octanol–water partition coefficient (Wildman–Crippen LogP) is 3.07. The molecule has 1 fully saturated rings. The topological polar surface area (TPSA) is 69.0 Å². The minimum absolute atomic E-state index is 0.0274. The van der Waals surface area contributed by atoms with Gasteiger partial charge in [0, 0.05) is 17.6 Å². The third-order valence-electron chi connectivity index (χ3n) is 3.56. The molecule has 1 N–H and O–H groups in total. The summed E-state index contributed by atoms with van der Waals surface area (Å²) in [6.45, 7) is 4.60. The van der Waals surface area contributed by atoms with Crippen molar-refractivity contribution in [1.29, 1.82) is 0 Å². The van der Waals surface area contributed by atoms with Crippen LogP contribution < -0.4 is 10.1 Å². The molecule has 1 aliphatic rings. The number of aromatic nitrogens is 3. The number of carbonyl (C=O) groups is 1. The number of rotatable bonds is 9. The molecule has 3 rings (SSSR count). The standard InChI is InChI=1S/C17H19ClN4O2S/c1-2-9-22-15(10-24-14-7-3-12(18)4-8-14)20-21-17(22)25-11-16(23)19-13-5-6-13/h2-4,7-8,13H,1,5-6,9-11H2,(H,19,23). The number of benzene rings is 1. The van der Waals surface area contributed by atoms with E-state index in [1.807, 2.05) is 4.57 Å². The van der Waals surface area contributed by atoms with Gasteiger partial charge in [0.1, 0.15) is 12.4 Å². The zero-order chi connectivity index (χ0) is 17.6. The number of carbonyl (C=O) groups excluding carboxylic acids is 1. The van der Waals surface area contributed by atoms with Crippen molar-refractivity contribution in [3.63, 3.8) is 0 Å². The average Bonchev–Trinajstić information content (AvgIpc) is 3.33. The number of halogens is 1. The van der Waals surface area contributed by atoms with Crippen LogP contribution in [-0.4, -0.2) is 32.5 Å². The lowest BCUT2D eigenvalue weighted by Crippen LogP contribution is -2.27. The predicted molar refractivity (Wildman–Crippen MR) is 97.9 cm³/mol. The Morgan fingerprint density at radius 2 is 2.16 bits per heavy atom. The minimum atomic E-state index is 0.0274. The Kier molecular flexibility index (Phi) is 5.99. The van der Waals surface area contributed by atoms with Crippen molar-refractivity contribution in [2.75, 3.05) is 5.75 Å². The zero-order valence-electron chi connectivity index (χ0n) is 13.7. The molecule has 1 aliphatic carbocycles. The van der Waals surface area contributed by atoms with Gasteiger partial charge in [-0.25, -0.2) is 0 Å². The summed E-state index contributed by atoms with van der Waals surface area (Å²) < 4.78 is 7.63. The summed E-state index contributed by atoms with van der Waals surface area (Å²) in [5.74, 6) is 1.74. The smallest absolute Gasteiger partial charge is 0.230 e. The fraction of sp³-hybridized carbons (Fsp3) is 0.353. The lowest BCUT2D eigenvalue weighted by atomic mass is 10.3. The van der Waals surface area contributed by atoms with Crippen molar-refractivity contribution in [3.8, 4) is 5.75 Å². The van der Waals surface area contributed by atoms with Gasteiger partial charge in [-0.05, 0) is 37.1 Å². The van der Waals surface area contributed by atoms with E-state index in [4.69, 9.17) is 16.3 Å². The molecule has 1 aromatic carbocycles. The zero-order valence-corrected chi connectivity index (χ0v) is 15.2. The maximum Gasteiger partial charge on any atom is 0.230 e. The summed E-state index contributed by atoms with van der Waals surface area (Å²) in [5, 5.41) is 12.7. The van der Waals surface area contributed by atoms with Crippen molar-refractivity contribution in [2.24, 2.45) is 0 Å². The number of nitrogens with one attached hydrogen (secondary N) is 1. The van der Waals surface area contributed by atoms with Crippen molar-refractivity contribution >= 4 is 29.3 Å². The molecule has 0 bridgehead atoms. The Labute approximate surface area is 155 Å². The van der Waals surface area contributed by atoms with Crippen LogP contribution in [0.15, 0.2) is 42.1 Å². The number of amides is 1. The molecule has 0 unspecified atom stereocenters. The third kappa shape index (κ3) is 5.24. The number of ether oxygens (including phenoxy) is 1. The van der Waals surface area contributed by atoms with Gasteiger partial charge in [0.2, 0.25) is 5.91 Å². The Morgan fingerprint density at radius 3 is 2.84 bits per heavy atom. The van der Waals surface area contributed by atoms with Crippen LogP contribution in [0.5, 0.6) is 5.75 Å². The lowest BCUT2D eigenvalue weighted by molar-refractivity contribution is -0.118. The SMILES string of the molecule is C=CCn1c(COc2ccc(Cl)cc2)nnc1SCC(=O)NC1CC1. The normalized spacial score (nSPS) is 13.5. The highest BCUT2D eigenvalue weighted by Crippen LogP contribution is 2.22. The summed E-state index contributed by atoms with van der Waals surface area (Å²) in [6, 6.07) is 7.50. The molecule has 1 heterocycles. The Morgan fingerprint density at radius 1 is 1.40 bits per heavy atom. The Hall–Kier alpha value is -1.99. The number of hydrogen-bond acceptors (Lipinski definition) is 5. The van der Waals surface area contributed by atoms with E-state index in [-0.39, 0.29) is 12.5 Å². The van der Waals surface area contributed by atoms with Crippen molar-refractivity contribution in [1.82, 2.24) is 20.1 Å². The van der Waals surface area contributed by atoms with Gasteiger partial charge in [-0.3, -0.25) is 9.36 Å². The molecule has 1 amide bonds. The van der Waals surface area contributed by atoms with Gasteiger partial charge in [0.05, 0.1) is 5.75 Å². The molecule has 0 atom stereocenters. The van der Waals surface area contributed by atoms with E-state index in [1.165, 1.54) is 11.8 Å². The van der Waals surface area contributed by atoms with Gasteiger partial charge in [-0.1, -0.05) is 29.4 Å². The molecule has 0 spiro atoms. The maximum atomic E-state index is 11.8. The molecular weight excluding hydrogens is 360 g/mol. The number of allylic oxidation sites excluding steroid dienone is 1.